The summed E-state index contributed by atoms with van der Waals surface area (Å²) in [5, 5.41) is 0.982. The average molecular weight is 291 g/mol. The van der Waals surface area contributed by atoms with Gasteiger partial charge in [-0.2, -0.15) is 0 Å². The van der Waals surface area contributed by atoms with E-state index in [1.165, 1.54) is 0 Å². The molecule has 0 radical (unpaired) electrons. The van der Waals surface area contributed by atoms with Crippen LogP contribution >= 0.6 is 23.2 Å². The maximum absolute atomic E-state index is 11.7. The largest absolute Gasteiger partial charge is 0.370 e. The molecule has 2 N–H and O–H groups in total. The van der Waals surface area contributed by atoms with Crippen LogP contribution in [-0.2, 0) is 16.1 Å². The summed E-state index contributed by atoms with van der Waals surface area (Å²) < 4.78 is 5.08. The molecule has 0 aliphatic carbocycles. The molecule has 1 aromatic rings. The van der Waals surface area contributed by atoms with Gasteiger partial charge in [-0.15, -0.1) is 0 Å². The average Bonchev–Trinajstić information content (AvgIpc) is 2.34. The summed E-state index contributed by atoms with van der Waals surface area (Å²) >= 11 is 11.7. The van der Waals surface area contributed by atoms with E-state index in [9.17, 15) is 4.79 Å². The van der Waals surface area contributed by atoms with Crippen molar-refractivity contribution >= 4 is 29.1 Å². The standard InChI is InChI=1S/C12H16Cl2N2O2/c1-16(12(17)8-18-5-4-15)7-9-2-3-10(13)11(14)6-9/h2-3,6H,4-5,7-8,15H2,1H3. The first kappa shape index (κ1) is 15.2. The molecule has 1 amide bonds. The minimum atomic E-state index is -0.102. The second kappa shape index (κ2) is 7.59. The lowest BCUT2D eigenvalue weighted by Gasteiger charge is -2.17. The minimum absolute atomic E-state index is 0.0367. The van der Waals surface area contributed by atoms with E-state index in [0.29, 0.717) is 29.7 Å². The van der Waals surface area contributed by atoms with Crippen LogP contribution in [0.15, 0.2) is 18.2 Å². The lowest BCUT2D eigenvalue weighted by atomic mass is 10.2. The van der Waals surface area contributed by atoms with Crippen molar-refractivity contribution in [2.75, 3.05) is 26.8 Å². The van der Waals surface area contributed by atoms with Gasteiger partial charge in [0, 0.05) is 20.1 Å². The van der Waals surface area contributed by atoms with Crippen molar-refractivity contribution in [3.63, 3.8) is 0 Å². The number of rotatable bonds is 6. The van der Waals surface area contributed by atoms with E-state index in [1.54, 1.807) is 24.1 Å². The number of benzene rings is 1. The van der Waals surface area contributed by atoms with Gasteiger partial charge < -0.3 is 15.4 Å². The van der Waals surface area contributed by atoms with Crippen LogP contribution in [0.5, 0.6) is 0 Å². The highest BCUT2D eigenvalue weighted by Crippen LogP contribution is 2.23. The molecule has 0 atom stereocenters. The molecule has 0 fully saturated rings. The molecule has 0 heterocycles. The van der Waals surface area contributed by atoms with E-state index in [2.05, 4.69) is 0 Å². The van der Waals surface area contributed by atoms with Crippen LogP contribution in [0.1, 0.15) is 5.56 Å². The third-order valence-electron chi connectivity index (χ3n) is 2.32. The number of hydrogen-bond donors (Lipinski definition) is 1. The van der Waals surface area contributed by atoms with Gasteiger partial charge in [-0.1, -0.05) is 29.3 Å². The predicted molar refractivity (Wildman–Crippen MR) is 72.8 cm³/mol. The fourth-order valence-corrected chi connectivity index (χ4v) is 1.67. The molecule has 0 spiro atoms. The van der Waals surface area contributed by atoms with Crippen molar-refractivity contribution in [2.45, 2.75) is 6.54 Å². The Kier molecular flexibility index (Phi) is 6.43. The maximum atomic E-state index is 11.7. The number of hydrogen-bond acceptors (Lipinski definition) is 3. The predicted octanol–water partition coefficient (Wildman–Crippen LogP) is 1.93. The van der Waals surface area contributed by atoms with Gasteiger partial charge in [0.2, 0.25) is 5.91 Å². The number of nitrogens with zero attached hydrogens (tertiary/aromatic N) is 1. The molecular formula is C12H16Cl2N2O2. The fraction of sp³-hybridized carbons (Fsp3) is 0.417. The zero-order valence-electron chi connectivity index (χ0n) is 10.2. The van der Waals surface area contributed by atoms with E-state index in [-0.39, 0.29) is 12.5 Å². The van der Waals surface area contributed by atoms with Gasteiger partial charge >= 0.3 is 0 Å². The number of likely N-dealkylation sites (N-methyl/N-ethyl adjacent to an activating group) is 1. The molecule has 0 aliphatic rings. The molecule has 6 heteroatoms. The number of halogens is 2. The summed E-state index contributed by atoms with van der Waals surface area (Å²) in [6.45, 7) is 1.28. The highest BCUT2D eigenvalue weighted by atomic mass is 35.5. The molecule has 0 aliphatic heterocycles. The van der Waals surface area contributed by atoms with Crippen LogP contribution < -0.4 is 5.73 Å². The molecule has 0 saturated carbocycles. The Morgan fingerprint density at radius 1 is 1.39 bits per heavy atom. The molecule has 18 heavy (non-hydrogen) atoms. The Balaban J connectivity index is 2.50. The van der Waals surface area contributed by atoms with E-state index in [4.69, 9.17) is 33.7 Å². The van der Waals surface area contributed by atoms with E-state index in [1.807, 2.05) is 6.07 Å². The van der Waals surface area contributed by atoms with Crippen molar-refractivity contribution in [1.82, 2.24) is 4.90 Å². The monoisotopic (exact) mass is 290 g/mol. The first-order valence-corrected chi connectivity index (χ1v) is 6.26. The van der Waals surface area contributed by atoms with Gasteiger partial charge in [0.1, 0.15) is 6.61 Å². The molecule has 0 saturated heterocycles. The van der Waals surface area contributed by atoms with Crippen LogP contribution in [0.25, 0.3) is 0 Å². The lowest BCUT2D eigenvalue weighted by molar-refractivity contribution is -0.135. The Labute approximate surface area is 117 Å². The number of carbonyl (C=O) groups is 1. The number of amides is 1. The van der Waals surface area contributed by atoms with Gasteiger partial charge in [-0.25, -0.2) is 0 Å². The highest BCUT2D eigenvalue weighted by molar-refractivity contribution is 6.42. The first-order valence-electron chi connectivity index (χ1n) is 5.50. The SMILES string of the molecule is CN(Cc1ccc(Cl)c(Cl)c1)C(=O)COCCN. The first-order chi connectivity index (χ1) is 8.54. The molecule has 1 aromatic carbocycles. The van der Waals surface area contributed by atoms with Crippen molar-refractivity contribution < 1.29 is 9.53 Å². The van der Waals surface area contributed by atoms with Gasteiger partial charge in [-0.05, 0) is 17.7 Å². The Bertz CT molecular complexity index is 413. The molecule has 0 aromatic heterocycles. The molecule has 1 rings (SSSR count). The summed E-state index contributed by atoms with van der Waals surface area (Å²) in [6.07, 6.45) is 0. The van der Waals surface area contributed by atoms with Gasteiger partial charge in [0.15, 0.2) is 0 Å². The number of nitrogens with two attached hydrogens (primary N) is 1. The van der Waals surface area contributed by atoms with Crippen LogP contribution in [0.2, 0.25) is 10.0 Å². The van der Waals surface area contributed by atoms with Crippen LogP contribution in [0, 0.1) is 0 Å². The van der Waals surface area contributed by atoms with E-state index in [0.717, 1.165) is 5.56 Å². The van der Waals surface area contributed by atoms with Crippen LogP contribution in [-0.4, -0.2) is 37.6 Å². The molecular weight excluding hydrogens is 275 g/mol. The summed E-state index contributed by atoms with van der Waals surface area (Å²) in [4.78, 5) is 13.2. The minimum Gasteiger partial charge on any atom is -0.370 e. The van der Waals surface area contributed by atoms with Crippen molar-refractivity contribution in [3.8, 4) is 0 Å². The fourth-order valence-electron chi connectivity index (χ4n) is 1.35. The second-order valence-electron chi connectivity index (χ2n) is 3.84. The van der Waals surface area contributed by atoms with E-state index >= 15 is 0 Å². The van der Waals surface area contributed by atoms with Crippen LogP contribution in [0.4, 0.5) is 0 Å². The third-order valence-corrected chi connectivity index (χ3v) is 3.06. The molecule has 0 bridgehead atoms. The zero-order valence-corrected chi connectivity index (χ0v) is 11.7. The van der Waals surface area contributed by atoms with E-state index < -0.39 is 0 Å². The molecule has 100 valence electrons. The zero-order chi connectivity index (χ0) is 13.5. The smallest absolute Gasteiger partial charge is 0.248 e. The topological polar surface area (TPSA) is 55.6 Å². The number of carbonyl (C=O) groups excluding carboxylic acids is 1. The third kappa shape index (κ3) is 4.82. The number of ether oxygens (including phenoxy) is 1. The van der Waals surface area contributed by atoms with Crippen molar-refractivity contribution in [1.29, 1.82) is 0 Å². The quantitative estimate of drug-likeness (QED) is 0.815. The summed E-state index contributed by atoms with van der Waals surface area (Å²) in [6, 6.07) is 5.29. The summed E-state index contributed by atoms with van der Waals surface area (Å²) in [5.41, 5.74) is 6.18. The highest BCUT2D eigenvalue weighted by Gasteiger charge is 2.10. The summed E-state index contributed by atoms with van der Waals surface area (Å²) in [5.74, 6) is -0.102. The van der Waals surface area contributed by atoms with Crippen LogP contribution in [0.3, 0.4) is 0 Å². The molecule has 4 nitrogen and oxygen atoms in total. The Morgan fingerprint density at radius 3 is 2.72 bits per heavy atom. The van der Waals surface area contributed by atoms with Crippen molar-refractivity contribution in [3.05, 3.63) is 33.8 Å². The van der Waals surface area contributed by atoms with Gasteiger partial charge in [-0.3, -0.25) is 4.79 Å². The normalized spacial score (nSPS) is 10.4. The van der Waals surface area contributed by atoms with Gasteiger partial charge in [0.25, 0.3) is 0 Å². The van der Waals surface area contributed by atoms with Crippen molar-refractivity contribution in [2.24, 2.45) is 5.73 Å². The Hall–Kier alpha value is -0.810. The Morgan fingerprint density at radius 2 is 2.11 bits per heavy atom. The second-order valence-corrected chi connectivity index (χ2v) is 4.65. The lowest BCUT2D eigenvalue weighted by Crippen LogP contribution is -2.30. The molecule has 0 unspecified atom stereocenters. The van der Waals surface area contributed by atoms with Gasteiger partial charge in [0.05, 0.1) is 16.7 Å². The summed E-state index contributed by atoms with van der Waals surface area (Å²) in [7, 11) is 1.71. The maximum Gasteiger partial charge on any atom is 0.248 e.